The lowest BCUT2D eigenvalue weighted by Crippen LogP contribution is -2.22. The quantitative estimate of drug-likeness (QED) is 0.178. The van der Waals surface area contributed by atoms with Crippen LogP contribution in [0.5, 0.6) is 0 Å². The minimum atomic E-state index is -0.281. The zero-order chi connectivity index (χ0) is 35.1. The second kappa shape index (κ2) is 11.5. The second-order valence-electron chi connectivity index (χ2n) is 14.2. The Hall–Kier alpha value is -6.42. The lowest BCUT2D eigenvalue weighted by atomic mass is 9.74. The maximum absolute atomic E-state index is 6.68. The molecule has 8 aromatic carbocycles. The molecule has 0 unspecified atom stereocenters. The molecule has 0 bridgehead atoms. The Morgan fingerprint density at radius 1 is 0.472 bits per heavy atom. The molecule has 3 heteroatoms. The highest BCUT2D eigenvalue weighted by atomic mass is 32.1. The van der Waals surface area contributed by atoms with E-state index in [2.05, 4.69) is 194 Å². The number of benzene rings is 8. The molecular formula is C50H33NOS. The summed E-state index contributed by atoms with van der Waals surface area (Å²) >= 11 is 1.86. The largest absolute Gasteiger partial charge is 0.456 e. The molecule has 10 aromatic rings. The monoisotopic (exact) mass is 695 g/mol. The summed E-state index contributed by atoms with van der Waals surface area (Å²) in [4.78, 5) is 2.41. The van der Waals surface area contributed by atoms with E-state index in [-0.39, 0.29) is 5.41 Å². The average molecular weight is 696 g/mol. The summed E-state index contributed by atoms with van der Waals surface area (Å²) in [7, 11) is 0. The Labute approximate surface area is 311 Å². The molecule has 1 aliphatic rings. The van der Waals surface area contributed by atoms with Gasteiger partial charge in [0.15, 0.2) is 0 Å². The van der Waals surface area contributed by atoms with E-state index in [1.807, 2.05) is 11.3 Å². The molecule has 1 aliphatic carbocycles. The van der Waals surface area contributed by atoms with Crippen molar-refractivity contribution in [3.05, 3.63) is 199 Å². The van der Waals surface area contributed by atoms with Crippen molar-refractivity contribution in [1.82, 2.24) is 0 Å². The van der Waals surface area contributed by atoms with Crippen LogP contribution in [0.15, 0.2) is 186 Å². The van der Waals surface area contributed by atoms with Gasteiger partial charge >= 0.3 is 0 Å². The Bertz CT molecular complexity index is 2980. The molecule has 0 saturated heterocycles. The van der Waals surface area contributed by atoms with Gasteiger partial charge in [0.2, 0.25) is 0 Å². The van der Waals surface area contributed by atoms with Gasteiger partial charge in [-0.15, -0.1) is 11.3 Å². The third-order valence-corrected chi connectivity index (χ3v) is 12.6. The molecule has 0 radical (unpaired) electrons. The summed E-state index contributed by atoms with van der Waals surface area (Å²) in [5, 5.41) is 4.80. The summed E-state index contributed by atoms with van der Waals surface area (Å²) in [5.74, 6) is 0. The van der Waals surface area contributed by atoms with Crippen LogP contribution in [-0.2, 0) is 5.41 Å². The standard InChI is InChI=1S/C50H33NOS/c1-50(43-18-8-5-14-37(43)38-15-6-9-19-44(38)50)34-24-28-39-42-31-36(27-29-46(42)52-47(39)30-34)51(35-25-22-33(23-26-35)32-12-3-2-4-13-32)45-20-11-17-41-40-16-7-10-21-48(40)53-49(41)45/h2-31H,1H3. The maximum atomic E-state index is 6.68. The highest BCUT2D eigenvalue weighted by Gasteiger charge is 2.40. The van der Waals surface area contributed by atoms with Crippen molar-refractivity contribution in [3.8, 4) is 22.3 Å². The van der Waals surface area contributed by atoms with Crippen molar-refractivity contribution in [3.63, 3.8) is 0 Å². The van der Waals surface area contributed by atoms with Gasteiger partial charge in [0, 0.05) is 43.0 Å². The highest BCUT2D eigenvalue weighted by molar-refractivity contribution is 7.26. The number of fused-ring (bicyclic) bond motifs is 9. The molecule has 0 spiro atoms. The van der Waals surface area contributed by atoms with Crippen molar-refractivity contribution in [2.75, 3.05) is 4.90 Å². The predicted octanol–water partition coefficient (Wildman–Crippen LogP) is 14.4. The maximum Gasteiger partial charge on any atom is 0.135 e. The van der Waals surface area contributed by atoms with Gasteiger partial charge in [-0.25, -0.2) is 0 Å². The summed E-state index contributed by atoms with van der Waals surface area (Å²) in [6.45, 7) is 2.36. The lowest BCUT2D eigenvalue weighted by molar-refractivity contribution is 0.662. The minimum Gasteiger partial charge on any atom is -0.456 e. The van der Waals surface area contributed by atoms with E-state index in [1.165, 1.54) is 59.1 Å². The Morgan fingerprint density at radius 2 is 1.13 bits per heavy atom. The molecule has 2 nitrogen and oxygen atoms in total. The normalized spacial score (nSPS) is 13.2. The fourth-order valence-electron chi connectivity index (χ4n) is 8.75. The topological polar surface area (TPSA) is 16.4 Å². The van der Waals surface area contributed by atoms with Crippen LogP contribution in [0, 0.1) is 0 Å². The summed E-state index contributed by atoms with van der Waals surface area (Å²) < 4.78 is 9.24. The molecule has 0 atom stereocenters. The third kappa shape index (κ3) is 4.51. The summed E-state index contributed by atoms with van der Waals surface area (Å²) in [6.07, 6.45) is 0. The van der Waals surface area contributed by atoms with Crippen LogP contribution < -0.4 is 4.90 Å². The van der Waals surface area contributed by atoms with Crippen LogP contribution in [0.25, 0.3) is 64.4 Å². The zero-order valence-electron chi connectivity index (χ0n) is 29.1. The summed E-state index contributed by atoms with van der Waals surface area (Å²) in [5.41, 5.74) is 13.8. The molecular weight excluding hydrogens is 663 g/mol. The minimum absolute atomic E-state index is 0.281. The number of nitrogens with zero attached hydrogens (tertiary/aromatic N) is 1. The van der Waals surface area contributed by atoms with Crippen LogP contribution in [-0.4, -0.2) is 0 Å². The van der Waals surface area contributed by atoms with Crippen LogP contribution in [0.4, 0.5) is 17.1 Å². The van der Waals surface area contributed by atoms with E-state index in [0.29, 0.717) is 0 Å². The highest BCUT2D eigenvalue weighted by Crippen LogP contribution is 2.53. The molecule has 0 aliphatic heterocycles. The van der Waals surface area contributed by atoms with Crippen LogP contribution in [0.2, 0.25) is 0 Å². The van der Waals surface area contributed by atoms with Crippen molar-refractivity contribution < 1.29 is 4.42 Å². The molecule has 0 amide bonds. The third-order valence-electron chi connectivity index (χ3n) is 11.4. The van der Waals surface area contributed by atoms with Gasteiger partial charge in [0.05, 0.1) is 10.4 Å². The van der Waals surface area contributed by atoms with Crippen LogP contribution in [0.1, 0.15) is 23.6 Å². The van der Waals surface area contributed by atoms with Gasteiger partial charge < -0.3 is 9.32 Å². The number of rotatable bonds is 5. The Morgan fingerprint density at radius 3 is 1.92 bits per heavy atom. The first-order valence-corrected chi connectivity index (χ1v) is 19.0. The van der Waals surface area contributed by atoms with Crippen molar-refractivity contribution >= 4 is 70.5 Å². The Balaban J connectivity index is 1.08. The van der Waals surface area contributed by atoms with Gasteiger partial charge in [-0.2, -0.15) is 0 Å². The second-order valence-corrected chi connectivity index (χ2v) is 15.3. The van der Waals surface area contributed by atoms with E-state index in [4.69, 9.17) is 4.42 Å². The fraction of sp³-hybridized carbons (Fsp3) is 0.0400. The first-order chi connectivity index (χ1) is 26.1. The average Bonchev–Trinajstić information content (AvgIpc) is 3.87. The van der Waals surface area contributed by atoms with Gasteiger partial charge in [-0.1, -0.05) is 133 Å². The van der Waals surface area contributed by atoms with Gasteiger partial charge in [-0.3, -0.25) is 0 Å². The molecule has 0 saturated carbocycles. The number of hydrogen-bond acceptors (Lipinski definition) is 3. The van der Waals surface area contributed by atoms with E-state index >= 15 is 0 Å². The molecule has 11 rings (SSSR count). The summed E-state index contributed by atoms with van der Waals surface area (Å²) in [6, 6.07) is 66.1. The number of thiophene rings is 1. The smallest absolute Gasteiger partial charge is 0.135 e. The number of anilines is 3. The van der Waals surface area contributed by atoms with Crippen molar-refractivity contribution in [2.24, 2.45) is 0 Å². The van der Waals surface area contributed by atoms with Crippen LogP contribution in [0.3, 0.4) is 0 Å². The molecule has 0 fully saturated rings. The van der Waals surface area contributed by atoms with E-state index in [9.17, 15) is 0 Å². The lowest BCUT2D eigenvalue weighted by Gasteiger charge is -2.28. The fourth-order valence-corrected chi connectivity index (χ4v) is 9.95. The molecule has 53 heavy (non-hydrogen) atoms. The van der Waals surface area contributed by atoms with Gasteiger partial charge in [-0.05, 0) is 94.4 Å². The first-order valence-electron chi connectivity index (χ1n) is 18.2. The Kier molecular flexibility index (Phi) is 6.58. The van der Waals surface area contributed by atoms with E-state index in [0.717, 1.165) is 39.0 Å². The van der Waals surface area contributed by atoms with Gasteiger partial charge in [0.25, 0.3) is 0 Å². The first kappa shape index (κ1) is 30.2. The van der Waals surface area contributed by atoms with Crippen LogP contribution >= 0.6 is 11.3 Å². The van der Waals surface area contributed by atoms with Crippen molar-refractivity contribution in [1.29, 1.82) is 0 Å². The number of hydrogen-bond donors (Lipinski definition) is 0. The van der Waals surface area contributed by atoms with Crippen molar-refractivity contribution in [2.45, 2.75) is 12.3 Å². The SMILES string of the molecule is CC1(c2ccc3c(c2)oc2ccc(N(c4ccc(-c5ccccc5)cc4)c4cccc5c4sc4ccccc45)cc23)c2ccccc2-c2ccccc21. The predicted molar refractivity (Wildman–Crippen MR) is 224 cm³/mol. The van der Waals surface area contributed by atoms with E-state index < -0.39 is 0 Å². The molecule has 2 heterocycles. The molecule has 0 N–H and O–H groups in total. The molecule has 250 valence electrons. The zero-order valence-corrected chi connectivity index (χ0v) is 29.9. The molecule has 2 aromatic heterocycles. The van der Waals surface area contributed by atoms with E-state index in [1.54, 1.807) is 0 Å². The number of furan rings is 1. The van der Waals surface area contributed by atoms with Gasteiger partial charge in [0.1, 0.15) is 11.2 Å².